The zero-order valence-corrected chi connectivity index (χ0v) is 12.8. The van der Waals surface area contributed by atoms with Crippen molar-refractivity contribution in [2.24, 2.45) is 0 Å². The molecule has 3 N–H and O–H groups in total. The van der Waals surface area contributed by atoms with Crippen molar-refractivity contribution in [1.29, 1.82) is 0 Å². The number of aromatic carboxylic acids is 1. The van der Waals surface area contributed by atoms with Gasteiger partial charge in [-0.25, -0.2) is 14.6 Å². The Hall–Kier alpha value is -1.48. The Morgan fingerprint density at radius 3 is 2.80 bits per heavy atom. The molecule has 0 saturated heterocycles. The van der Waals surface area contributed by atoms with E-state index in [9.17, 15) is 13.8 Å². The second kappa shape index (κ2) is 7.95. The van der Waals surface area contributed by atoms with E-state index in [1.54, 1.807) is 13.2 Å². The molecular weight excluding hydrogens is 302 g/mol. The Morgan fingerprint density at radius 1 is 1.55 bits per heavy atom. The minimum absolute atomic E-state index is 0.0218. The lowest BCUT2D eigenvalue weighted by Crippen LogP contribution is -2.43. The van der Waals surface area contributed by atoms with Crippen molar-refractivity contribution in [3.63, 3.8) is 0 Å². The number of hydrogen-bond acceptors (Lipinski definition) is 5. The molecule has 2 atom stereocenters. The maximum absolute atomic E-state index is 11.5. The average Bonchev–Trinajstić information content (AvgIpc) is 2.76. The molecule has 1 rings (SSSR count). The highest BCUT2D eigenvalue weighted by atomic mass is 32.2. The molecule has 1 heterocycles. The molecule has 0 saturated carbocycles. The van der Waals surface area contributed by atoms with Crippen LogP contribution in [0.1, 0.15) is 22.4 Å². The van der Waals surface area contributed by atoms with E-state index >= 15 is 0 Å². The number of nitrogens with zero attached hydrogens (tertiary/aromatic N) is 1. The molecule has 9 heteroatoms. The minimum atomic E-state index is -1.06. The van der Waals surface area contributed by atoms with E-state index in [-0.39, 0.29) is 17.8 Å². The van der Waals surface area contributed by atoms with Crippen LogP contribution in [-0.4, -0.2) is 50.9 Å². The van der Waals surface area contributed by atoms with E-state index in [2.05, 4.69) is 15.6 Å². The van der Waals surface area contributed by atoms with Crippen LogP contribution in [0.4, 0.5) is 4.79 Å². The second-order valence-corrected chi connectivity index (χ2v) is 6.65. The Kier molecular flexibility index (Phi) is 6.59. The predicted octanol–water partition coefficient (Wildman–Crippen LogP) is 0.450. The summed E-state index contributed by atoms with van der Waals surface area (Å²) >= 11 is 1.25. The van der Waals surface area contributed by atoms with Crippen molar-refractivity contribution in [3.8, 4) is 0 Å². The molecule has 0 radical (unpaired) electrons. The number of amides is 2. The quantitative estimate of drug-likeness (QED) is 0.676. The van der Waals surface area contributed by atoms with Crippen LogP contribution in [0.3, 0.4) is 0 Å². The molecule has 2 amide bonds. The first kappa shape index (κ1) is 16.6. The van der Waals surface area contributed by atoms with Gasteiger partial charge in [0, 0.05) is 47.2 Å². The topological polar surface area (TPSA) is 108 Å². The standard InChI is InChI=1S/C11H17N3O4S2/c1-7(6-20(2)18)13-11(17)12-4-3-9-14-8(5-19-9)10(15)16/h5,7H,3-4,6H2,1-2H3,(H,15,16)(H2,12,13,17). The van der Waals surface area contributed by atoms with Gasteiger partial charge in [0.1, 0.15) is 0 Å². The molecule has 0 spiro atoms. The zero-order chi connectivity index (χ0) is 15.1. The number of aromatic nitrogens is 1. The summed E-state index contributed by atoms with van der Waals surface area (Å²) in [4.78, 5) is 26.1. The van der Waals surface area contributed by atoms with Crippen molar-refractivity contribution in [2.45, 2.75) is 19.4 Å². The Labute approximate surface area is 123 Å². The third-order valence-electron chi connectivity index (χ3n) is 2.26. The molecule has 0 aromatic carbocycles. The van der Waals surface area contributed by atoms with Gasteiger partial charge >= 0.3 is 12.0 Å². The van der Waals surface area contributed by atoms with Gasteiger partial charge in [0.05, 0.1) is 5.01 Å². The van der Waals surface area contributed by atoms with Gasteiger partial charge in [-0.3, -0.25) is 4.21 Å². The van der Waals surface area contributed by atoms with Crippen LogP contribution in [0.5, 0.6) is 0 Å². The van der Waals surface area contributed by atoms with Crippen LogP contribution >= 0.6 is 11.3 Å². The van der Waals surface area contributed by atoms with Crippen molar-refractivity contribution in [1.82, 2.24) is 15.6 Å². The van der Waals surface area contributed by atoms with Crippen molar-refractivity contribution < 1.29 is 18.9 Å². The minimum Gasteiger partial charge on any atom is -0.476 e. The van der Waals surface area contributed by atoms with Gasteiger partial charge in [-0.05, 0) is 6.92 Å². The summed E-state index contributed by atoms with van der Waals surface area (Å²) in [5, 5.41) is 16.2. The summed E-state index contributed by atoms with van der Waals surface area (Å²) in [5.74, 6) is -0.651. The molecule has 1 aromatic rings. The third-order valence-corrected chi connectivity index (χ3v) is 4.14. The monoisotopic (exact) mass is 319 g/mol. The van der Waals surface area contributed by atoms with Crippen molar-refractivity contribution >= 4 is 34.1 Å². The average molecular weight is 319 g/mol. The summed E-state index contributed by atoms with van der Waals surface area (Å²) in [6.45, 7) is 2.14. The molecule has 1 aromatic heterocycles. The van der Waals surface area contributed by atoms with Crippen LogP contribution < -0.4 is 10.6 Å². The number of urea groups is 1. The van der Waals surface area contributed by atoms with Crippen LogP contribution in [0.2, 0.25) is 0 Å². The maximum atomic E-state index is 11.5. The lowest BCUT2D eigenvalue weighted by atomic mass is 10.4. The van der Waals surface area contributed by atoms with E-state index in [4.69, 9.17) is 5.11 Å². The number of carbonyl (C=O) groups excluding carboxylic acids is 1. The number of nitrogens with one attached hydrogen (secondary N) is 2. The number of carbonyl (C=O) groups is 2. The summed E-state index contributed by atoms with van der Waals surface area (Å²) in [6.07, 6.45) is 2.05. The van der Waals surface area contributed by atoms with Crippen LogP contribution in [-0.2, 0) is 17.2 Å². The zero-order valence-electron chi connectivity index (χ0n) is 11.2. The lowest BCUT2D eigenvalue weighted by molar-refractivity contribution is 0.0691. The van der Waals surface area contributed by atoms with Gasteiger partial charge in [-0.1, -0.05) is 0 Å². The van der Waals surface area contributed by atoms with Crippen LogP contribution in [0, 0.1) is 0 Å². The van der Waals surface area contributed by atoms with Gasteiger partial charge in [0.15, 0.2) is 5.69 Å². The first-order chi connectivity index (χ1) is 9.38. The fourth-order valence-corrected chi connectivity index (χ4v) is 3.04. The number of hydrogen-bond donors (Lipinski definition) is 3. The lowest BCUT2D eigenvalue weighted by Gasteiger charge is -2.12. The fourth-order valence-electron chi connectivity index (χ4n) is 1.48. The van der Waals surface area contributed by atoms with E-state index < -0.39 is 16.8 Å². The summed E-state index contributed by atoms with van der Waals surface area (Å²) in [6, 6.07) is -0.503. The molecule has 20 heavy (non-hydrogen) atoms. The number of thiazole rings is 1. The van der Waals surface area contributed by atoms with E-state index in [1.165, 1.54) is 16.7 Å². The van der Waals surface area contributed by atoms with Crippen LogP contribution in [0.25, 0.3) is 0 Å². The Balaban J connectivity index is 2.27. The number of rotatable bonds is 7. The molecule has 0 aliphatic carbocycles. The highest BCUT2D eigenvalue weighted by Gasteiger charge is 2.10. The van der Waals surface area contributed by atoms with E-state index in [0.717, 1.165) is 0 Å². The highest BCUT2D eigenvalue weighted by molar-refractivity contribution is 7.84. The molecule has 0 bridgehead atoms. The van der Waals surface area contributed by atoms with E-state index in [1.807, 2.05) is 0 Å². The molecule has 112 valence electrons. The summed E-state index contributed by atoms with van der Waals surface area (Å²) in [7, 11) is -0.956. The Bertz CT molecular complexity index is 504. The summed E-state index contributed by atoms with van der Waals surface area (Å²) in [5.41, 5.74) is 0.0218. The molecule has 0 fully saturated rings. The van der Waals surface area contributed by atoms with Gasteiger partial charge in [-0.2, -0.15) is 0 Å². The van der Waals surface area contributed by atoms with Gasteiger partial charge in [-0.15, -0.1) is 11.3 Å². The molecular formula is C11H17N3O4S2. The SMILES string of the molecule is CC(CS(C)=O)NC(=O)NCCc1nc(C(=O)O)cs1. The van der Waals surface area contributed by atoms with Crippen molar-refractivity contribution in [2.75, 3.05) is 18.6 Å². The molecule has 0 aliphatic rings. The maximum Gasteiger partial charge on any atom is 0.355 e. The second-order valence-electron chi connectivity index (χ2n) is 4.22. The first-order valence-electron chi connectivity index (χ1n) is 5.90. The number of carboxylic acid groups (broad SMARTS) is 1. The largest absolute Gasteiger partial charge is 0.476 e. The van der Waals surface area contributed by atoms with Gasteiger partial charge in [0.25, 0.3) is 0 Å². The smallest absolute Gasteiger partial charge is 0.355 e. The highest BCUT2D eigenvalue weighted by Crippen LogP contribution is 2.09. The number of carboxylic acids is 1. The molecule has 0 aliphatic heterocycles. The molecule has 2 unspecified atom stereocenters. The fraction of sp³-hybridized carbons (Fsp3) is 0.545. The van der Waals surface area contributed by atoms with Gasteiger partial charge < -0.3 is 15.7 Å². The van der Waals surface area contributed by atoms with Gasteiger partial charge in [0.2, 0.25) is 0 Å². The van der Waals surface area contributed by atoms with E-state index in [0.29, 0.717) is 23.7 Å². The van der Waals surface area contributed by atoms with Crippen LogP contribution in [0.15, 0.2) is 5.38 Å². The normalized spacial score (nSPS) is 13.5. The molecule has 7 nitrogen and oxygen atoms in total. The van der Waals surface area contributed by atoms with Crippen molar-refractivity contribution in [3.05, 3.63) is 16.1 Å². The predicted molar refractivity (Wildman–Crippen MR) is 77.7 cm³/mol. The third kappa shape index (κ3) is 6.11. The first-order valence-corrected chi connectivity index (χ1v) is 8.51. The Morgan fingerprint density at radius 2 is 2.25 bits per heavy atom. The summed E-state index contributed by atoms with van der Waals surface area (Å²) < 4.78 is 11.0.